The van der Waals surface area contributed by atoms with Crippen molar-refractivity contribution in [3.8, 4) is 0 Å². The van der Waals surface area contributed by atoms with Crippen molar-refractivity contribution < 1.29 is 19.1 Å². The van der Waals surface area contributed by atoms with Gasteiger partial charge < -0.3 is 20.3 Å². The van der Waals surface area contributed by atoms with Crippen molar-refractivity contribution in [1.29, 1.82) is 0 Å². The molecule has 26 heavy (non-hydrogen) atoms. The summed E-state index contributed by atoms with van der Waals surface area (Å²) in [7, 11) is 0. The van der Waals surface area contributed by atoms with Crippen molar-refractivity contribution in [2.45, 2.75) is 31.3 Å². The number of hydrogen-bond acceptors (Lipinski definition) is 4. The number of carbonyl (C=O) groups excluding carboxylic acids is 3. The average molecular weight is 358 g/mol. The lowest BCUT2D eigenvalue weighted by Crippen LogP contribution is -2.48. The van der Waals surface area contributed by atoms with Gasteiger partial charge in [-0.15, -0.1) is 0 Å². The Morgan fingerprint density at radius 2 is 1.81 bits per heavy atom. The molecule has 2 N–H and O–H groups in total. The van der Waals surface area contributed by atoms with E-state index < -0.39 is 11.9 Å². The van der Waals surface area contributed by atoms with E-state index in [0.717, 1.165) is 24.9 Å². The molecule has 2 atom stereocenters. The molecule has 0 aromatic heterocycles. The molecule has 0 bridgehead atoms. The van der Waals surface area contributed by atoms with E-state index in [1.165, 1.54) is 4.90 Å². The number of nitrogens with zero attached hydrogens (tertiary/aromatic N) is 3. The molecule has 0 saturated carbocycles. The van der Waals surface area contributed by atoms with Gasteiger partial charge in [0.25, 0.3) is 5.91 Å². The Bertz CT molecular complexity index is 735. The molecule has 3 aliphatic rings. The summed E-state index contributed by atoms with van der Waals surface area (Å²) in [5.74, 6) is -0.575. The number of fused-ring (bicyclic) bond motifs is 1. The zero-order chi connectivity index (χ0) is 18.3. The number of hydrogen-bond donors (Lipinski definition) is 1. The first kappa shape index (κ1) is 16.8. The Morgan fingerprint density at radius 1 is 1.08 bits per heavy atom. The number of benzene rings is 1. The van der Waals surface area contributed by atoms with Crippen molar-refractivity contribution in [2.24, 2.45) is 5.73 Å². The summed E-state index contributed by atoms with van der Waals surface area (Å²) in [5, 5.41) is 0. The van der Waals surface area contributed by atoms with E-state index in [4.69, 9.17) is 10.5 Å². The lowest BCUT2D eigenvalue weighted by atomic mass is 9.97. The monoisotopic (exact) mass is 358 g/mol. The zero-order valence-electron chi connectivity index (χ0n) is 14.5. The molecular formula is C18H22N4O4. The van der Waals surface area contributed by atoms with Crippen LogP contribution >= 0.6 is 0 Å². The summed E-state index contributed by atoms with van der Waals surface area (Å²) >= 11 is 0. The molecule has 3 aliphatic heterocycles. The molecule has 3 heterocycles. The van der Waals surface area contributed by atoms with E-state index in [2.05, 4.69) is 0 Å². The molecule has 1 aromatic rings. The van der Waals surface area contributed by atoms with Crippen LogP contribution in [0.5, 0.6) is 0 Å². The summed E-state index contributed by atoms with van der Waals surface area (Å²) in [5.41, 5.74) is 7.01. The first-order chi connectivity index (χ1) is 12.6. The fourth-order valence-electron chi connectivity index (χ4n) is 4.12. The molecule has 8 nitrogen and oxygen atoms in total. The van der Waals surface area contributed by atoms with Crippen molar-refractivity contribution in [2.75, 3.05) is 36.1 Å². The maximum absolute atomic E-state index is 12.9. The van der Waals surface area contributed by atoms with E-state index in [9.17, 15) is 14.4 Å². The number of piperidine rings is 1. The summed E-state index contributed by atoms with van der Waals surface area (Å²) < 4.78 is 5.15. The Morgan fingerprint density at radius 3 is 2.50 bits per heavy atom. The maximum atomic E-state index is 12.9. The van der Waals surface area contributed by atoms with E-state index >= 15 is 0 Å². The predicted molar refractivity (Wildman–Crippen MR) is 94.8 cm³/mol. The van der Waals surface area contributed by atoms with Gasteiger partial charge in [-0.1, -0.05) is 0 Å². The van der Waals surface area contributed by atoms with Crippen LogP contribution in [0.2, 0.25) is 0 Å². The third kappa shape index (κ3) is 2.70. The second kappa shape index (κ2) is 6.60. The number of rotatable bonds is 3. The lowest BCUT2D eigenvalue weighted by Gasteiger charge is -2.29. The normalized spacial score (nSPS) is 26.2. The summed E-state index contributed by atoms with van der Waals surface area (Å²) in [6.45, 7) is 1.73. The molecule has 1 aromatic carbocycles. The largest absolute Gasteiger partial charge is 0.370 e. The van der Waals surface area contributed by atoms with Crippen LogP contribution in [0.3, 0.4) is 0 Å². The van der Waals surface area contributed by atoms with E-state index in [0.29, 0.717) is 25.4 Å². The number of morpholine rings is 1. The minimum atomic E-state index is -0.654. The topological polar surface area (TPSA) is 96.2 Å². The van der Waals surface area contributed by atoms with Crippen LogP contribution in [0.15, 0.2) is 24.3 Å². The van der Waals surface area contributed by atoms with Crippen LogP contribution in [0.25, 0.3) is 0 Å². The number of anilines is 2. The third-order valence-electron chi connectivity index (χ3n) is 5.36. The molecule has 0 radical (unpaired) electrons. The van der Waals surface area contributed by atoms with Crippen LogP contribution in [-0.4, -0.2) is 61.1 Å². The second-order valence-electron chi connectivity index (χ2n) is 6.87. The van der Waals surface area contributed by atoms with Crippen LogP contribution < -0.4 is 15.5 Å². The molecule has 8 heteroatoms. The molecule has 3 fully saturated rings. The number of urea groups is 1. The molecule has 3 saturated heterocycles. The molecule has 0 aliphatic carbocycles. The van der Waals surface area contributed by atoms with Crippen molar-refractivity contribution in [1.82, 2.24) is 4.90 Å². The second-order valence-corrected chi connectivity index (χ2v) is 6.87. The van der Waals surface area contributed by atoms with E-state index in [1.807, 2.05) is 0 Å². The van der Waals surface area contributed by atoms with Gasteiger partial charge in [-0.3, -0.25) is 14.5 Å². The summed E-state index contributed by atoms with van der Waals surface area (Å²) in [6.07, 6.45) is 2.72. The molecule has 4 amide bonds. The van der Waals surface area contributed by atoms with Gasteiger partial charge in [0.1, 0.15) is 12.6 Å². The van der Waals surface area contributed by atoms with Gasteiger partial charge in [0, 0.05) is 24.5 Å². The zero-order valence-corrected chi connectivity index (χ0v) is 14.5. The van der Waals surface area contributed by atoms with Gasteiger partial charge >= 0.3 is 6.03 Å². The van der Waals surface area contributed by atoms with Crippen molar-refractivity contribution >= 4 is 29.2 Å². The Hall–Kier alpha value is -2.61. The maximum Gasteiger partial charge on any atom is 0.325 e. The smallest absolute Gasteiger partial charge is 0.325 e. The fraction of sp³-hybridized carbons (Fsp3) is 0.500. The highest BCUT2D eigenvalue weighted by Gasteiger charge is 2.49. The highest BCUT2D eigenvalue weighted by molar-refractivity contribution is 6.04. The highest BCUT2D eigenvalue weighted by Crippen LogP contribution is 2.35. The van der Waals surface area contributed by atoms with Gasteiger partial charge in [0.05, 0.1) is 12.6 Å². The molecule has 1 unspecified atom stereocenters. The minimum Gasteiger partial charge on any atom is -0.370 e. The average Bonchev–Trinajstić information content (AvgIpc) is 2.96. The van der Waals surface area contributed by atoms with E-state index in [-0.39, 0.29) is 24.6 Å². The van der Waals surface area contributed by atoms with Crippen LogP contribution in [0.1, 0.15) is 19.3 Å². The lowest BCUT2D eigenvalue weighted by molar-refractivity contribution is -0.125. The van der Waals surface area contributed by atoms with Crippen molar-refractivity contribution in [3.63, 3.8) is 0 Å². The van der Waals surface area contributed by atoms with Gasteiger partial charge in [-0.05, 0) is 43.5 Å². The standard InChI is InChI=1S/C18H22N4O4/c19-17(24)16-14-3-1-2-8-21(14)18(25)22(16)13-6-4-12(5-7-13)20-9-10-26-11-15(20)23/h4-7,14,16H,1-3,8-11H2,(H2,19,24)/t14-,16?/m1/s1. The first-order valence-corrected chi connectivity index (χ1v) is 8.95. The van der Waals surface area contributed by atoms with Crippen LogP contribution in [0.4, 0.5) is 16.2 Å². The predicted octanol–water partition coefficient (Wildman–Crippen LogP) is 0.698. The molecular weight excluding hydrogens is 336 g/mol. The number of carbonyl (C=O) groups is 3. The van der Waals surface area contributed by atoms with Gasteiger partial charge in [0.2, 0.25) is 5.91 Å². The number of amides is 4. The first-order valence-electron chi connectivity index (χ1n) is 8.95. The van der Waals surface area contributed by atoms with Gasteiger partial charge in [-0.2, -0.15) is 0 Å². The van der Waals surface area contributed by atoms with Crippen molar-refractivity contribution in [3.05, 3.63) is 24.3 Å². The Balaban J connectivity index is 1.62. The number of nitrogens with two attached hydrogens (primary N) is 1. The van der Waals surface area contributed by atoms with Gasteiger partial charge in [-0.25, -0.2) is 4.79 Å². The van der Waals surface area contributed by atoms with Crippen LogP contribution in [-0.2, 0) is 14.3 Å². The van der Waals surface area contributed by atoms with Gasteiger partial charge in [0.15, 0.2) is 0 Å². The fourth-order valence-corrected chi connectivity index (χ4v) is 4.12. The Kier molecular flexibility index (Phi) is 4.28. The molecule has 138 valence electrons. The molecule has 0 spiro atoms. The third-order valence-corrected chi connectivity index (χ3v) is 5.36. The SMILES string of the molecule is NC(=O)C1[C@H]2CCCCN2C(=O)N1c1ccc(N2CCOCC2=O)cc1. The summed E-state index contributed by atoms with van der Waals surface area (Å²) in [4.78, 5) is 41.8. The number of primary amides is 1. The molecule has 4 rings (SSSR count). The highest BCUT2D eigenvalue weighted by atomic mass is 16.5. The Labute approximate surface area is 151 Å². The number of ether oxygens (including phenoxy) is 1. The summed E-state index contributed by atoms with van der Waals surface area (Å²) in [6, 6.07) is 6.14. The minimum absolute atomic E-state index is 0.0761. The van der Waals surface area contributed by atoms with Crippen LogP contribution in [0, 0.1) is 0 Å². The quantitative estimate of drug-likeness (QED) is 0.860. The van der Waals surface area contributed by atoms with E-state index in [1.54, 1.807) is 34.1 Å².